The number of nitrogens with zero attached hydrogens (tertiary/aromatic N) is 3. The molecular formula is C23H27N5O4. The molecule has 32 heavy (non-hydrogen) atoms. The van der Waals surface area contributed by atoms with Crippen LogP contribution in [0, 0.1) is 20.8 Å². The largest absolute Gasteiger partial charge is 0.391 e. The fourth-order valence-electron chi connectivity index (χ4n) is 4.16. The molecule has 0 radical (unpaired) electrons. The molecule has 1 aliphatic rings. The van der Waals surface area contributed by atoms with Gasteiger partial charge < -0.3 is 19.8 Å². The standard InChI is InChI=1S/C23H27N5O4/c1-13-8-19(32-27-13)10-21(30)28-12-18(29)9-20(28)23(31)24-11-16-4-6-17(7-5-16)22-14(2)25-26-15(22)3/h4-8,18,20,29H,9-12H2,1-3H3,(H,24,31)(H,25,26). The Morgan fingerprint density at radius 2 is 2.00 bits per heavy atom. The molecule has 1 fully saturated rings. The first kappa shape index (κ1) is 21.8. The number of aromatic amines is 1. The first-order valence-corrected chi connectivity index (χ1v) is 10.6. The maximum absolute atomic E-state index is 12.8. The molecule has 0 spiro atoms. The van der Waals surface area contributed by atoms with Gasteiger partial charge in [-0.1, -0.05) is 29.4 Å². The quantitative estimate of drug-likeness (QED) is 0.540. The first-order valence-electron chi connectivity index (χ1n) is 10.6. The lowest BCUT2D eigenvalue weighted by molar-refractivity contribution is -0.138. The van der Waals surface area contributed by atoms with Crippen molar-refractivity contribution in [1.29, 1.82) is 0 Å². The molecular weight excluding hydrogens is 410 g/mol. The molecule has 1 aliphatic heterocycles. The summed E-state index contributed by atoms with van der Waals surface area (Å²) in [6.07, 6.45) is -0.511. The number of H-pyrrole nitrogens is 1. The van der Waals surface area contributed by atoms with Gasteiger partial charge in [-0.3, -0.25) is 14.7 Å². The number of aliphatic hydroxyl groups is 1. The third-order valence-corrected chi connectivity index (χ3v) is 5.74. The molecule has 0 bridgehead atoms. The van der Waals surface area contributed by atoms with E-state index in [0.717, 1.165) is 28.1 Å². The lowest BCUT2D eigenvalue weighted by Crippen LogP contribution is -2.46. The number of hydrogen-bond donors (Lipinski definition) is 3. The van der Waals surface area contributed by atoms with E-state index in [-0.39, 0.29) is 31.2 Å². The van der Waals surface area contributed by atoms with Crippen molar-refractivity contribution in [1.82, 2.24) is 25.6 Å². The smallest absolute Gasteiger partial charge is 0.243 e. The Labute approximate surface area is 185 Å². The zero-order valence-corrected chi connectivity index (χ0v) is 18.4. The molecule has 2 amide bonds. The molecule has 0 aliphatic carbocycles. The van der Waals surface area contributed by atoms with Crippen LogP contribution < -0.4 is 5.32 Å². The minimum absolute atomic E-state index is 0.00560. The lowest BCUT2D eigenvalue weighted by atomic mass is 10.0. The summed E-state index contributed by atoms with van der Waals surface area (Å²) >= 11 is 0. The Hall–Kier alpha value is -3.46. The zero-order chi connectivity index (χ0) is 22.8. The van der Waals surface area contributed by atoms with E-state index < -0.39 is 12.1 Å². The van der Waals surface area contributed by atoms with Gasteiger partial charge in [0, 0.05) is 36.8 Å². The molecule has 0 saturated carbocycles. The van der Waals surface area contributed by atoms with Crippen LogP contribution in [0.1, 0.15) is 34.8 Å². The maximum Gasteiger partial charge on any atom is 0.243 e. The van der Waals surface area contributed by atoms with E-state index in [1.165, 1.54) is 4.90 Å². The van der Waals surface area contributed by atoms with Gasteiger partial charge in [-0.25, -0.2) is 0 Å². The summed E-state index contributed by atoms with van der Waals surface area (Å²) in [6.45, 7) is 6.17. The van der Waals surface area contributed by atoms with Crippen LogP contribution in [0.25, 0.3) is 11.1 Å². The van der Waals surface area contributed by atoms with Crippen LogP contribution in [0.4, 0.5) is 0 Å². The molecule has 3 heterocycles. The first-order chi connectivity index (χ1) is 15.3. The van der Waals surface area contributed by atoms with Crippen molar-refractivity contribution in [2.24, 2.45) is 0 Å². The van der Waals surface area contributed by atoms with Gasteiger partial charge in [0.2, 0.25) is 11.8 Å². The molecule has 3 aromatic rings. The summed E-state index contributed by atoms with van der Waals surface area (Å²) in [4.78, 5) is 26.9. The van der Waals surface area contributed by atoms with E-state index in [0.29, 0.717) is 18.0 Å². The highest BCUT2D eigenvalue weighted by atomic mass is 16.5. The van der Waals surface area contributed by atoms with Gasteiger partial charge in [0.05, 0.1) is 23.9 Å². The molecule has 2 atom stereocenters. The number of hydrogen-bond acceptors (Lipinski definition) is 6. The van der Waals surface area contributed by atoms with Gasteiger partial charge in [0.25, 0.3) is 0 Å². The molecule has 4 rings (SSSR count). The average Bonchev–Trinajstić information content (AvgIpc) is 3.45. The second-order valence-electron chi connectivity index (χ2n) is 8.29. The number of nitrogens with one attached hydrogen (secondary N) is 2. The van der Waals surface area contributed by atoms with Crippen molar-refractivity contribution < 1.29 is 19.2 Å². The summed E-state index contributed by atoms with van der Waals surface area (Å²) < 4.78 is 5.11. The van der Waals surface area contributed by atoms with E-state index in [4.69, 9.17) is 4.52 Å². The summed E-state index contributed by atoms with van der Waals surface area (Å²) in [5.74, 6) is -0.112. The summed E-state index contributed by atoms with van der Waals surface area (Å²) in [7, 11) is 0. The third-order valence-electron chi connectivity index (χ3n) is 5.74. The highest BCUT2D eigenvalue weighted by Crippen LogP contribution is 2.25. The number of rotatable bonds is 6. The summed E-state index contributed by atoms with van der Waals surface area (Å²) in [5, 5.41) is 24.0. The molecule has 9 nitrogen and oxygen atoms in total. The number of aryl methyl sites for hydroxylation is 3. The van der Waals surface area contributed by atoms with Crippen LogP contribution in [0.3, 0.4) is 0 Å². The van der Waals surface area contributed by atoms with Crippen molar-refractivity contribution >= 4 is 11.8 Å². The predicted octanol–water partition coefficient (Wildman–Crippen LogP) is 1.81. The fourth-order valence-corrected chi connectivity index (χ4v) is 4.16. The van der Waals surface area contributed by atoms with Gasteiger partial charge in [0.15, 0.2) is 0 Å². The molecule has 168 valence electrons. The highest BCUT2D eigenvalue weighted by Gasteiger charge is 2.38. The van der Waals surface area contributed by atoms with Crippen molar-refractivity contribution in [3.8, 4) is 11.1 Å². The van der Waals surface area contributed by atoms with Gasteiger partial charge in [-0.2, -0.15) is 5.10 Å². The van der Waals surface area contributed by atoms with Crippen molar-refractivity contribution in [3.63, 3.8) is 0 Å². The normalized spacial score (nSPS) is 18.2. The number of aliphatic hydroxyl groups excluding tert-OH is 1. The molecule has 2 unspecified atom stereocenters. The Bertz CT molecular complexity index is 1100. The van der Waals surface area contributed by atoms with E-state index in [1.807, 2.05) is 38.1 Å². The van der Waals surface area contributed by atoms with Crippen LogP contribution in [-0.2, 0) is 22.6 Å². The minimum Gasteiger partial charge on any atom is -0.391 e. The molecule has 1 aromatic carbocycles. The number of amides is 2. The van der Waals surface area contributed by atoms with Gasteiger partial charge >= 0.3 is 0 Å². The SMILES string of the molecule is Cc1cc(CC(=O)N2CC(O)CC2C(=O)NCc2ccc(-c3c(C)n[nH]c3C)cc2)on1. The molecule has 3 N–H and O–H groups in total. The predicted molar refractivity (Wildman–Crippen MR) is 116 cm³/mol. The number of β-amino-alcohol motifs (C(OH)–C–C–N with tert-alkyl or cyclic N) is 1. The molecule has 9 heteroatoms. The lowest BCUT2D eigenvalue weighted by Gasteiger charge is -2.23. The second kappa shape index (κ2) is 8.96. The van der Waals surface area contributed by atoms with Crippen LogP contribution in [-0.4, -0.2) is 55.9 Å². The van der Waals surface area contributed by atoms with Crippen LogP contribution in [0.5, 0.6) is 0 Å². The van der Waals surface area contributed by atoms with E-state index in [2.05, 4.69) is 20.7 Å². The average molecular weight is 438 g/mol. The fraction of sp³-hybridized carbons (Fsp3) is 0.391. The summed E-state index contributed by atoms with van der Waals surface area (Å²) in [6, 6.07) is 8.90. The Morgan fingerprint density at radius 3 is 2.62 bits per heavy atom. The number of carbonyl (C=O) groups is 2. The molecule has 2 aromatic heterocycles. The Balaban J connectivity index is 1.37. The number of aromatic nitrogens is 3. The van der Waals surface area contributed by atoms with Crippen LogP contribution >= 0.6 is 0 Å². The minimum atomic E-state index is -0.730. The van der Waals surface area contributed by atoms with Gasteiger partial charge in [-0.15, -0.1) is 0 Å². The number of benzene rings is 1. The number of carbonyl (C=O) groups excluding carboxylic acids is 2. The Morgan fingerprint density at radius 1 is 1.25 bits per heavy atom. The van der Waals surface area contributed by atoms with Crippen molar-refractivity contribution in [2.75, 3.05) is 6.54 Å². The third kappa shape index (κ3) is 4.57. The zero-order valence-electron chi connectivity index (χ0n) is 18.4. The molecule has 1 saturated heterocycles. The van der Waals surface area contributed by atoms with Crippen molar-refractivity contribution in [2.45, 2.75) is 52.3 Å². The van der Waals surface area contributed by atoms with Crippen LogP contribution in [0.2, 0.25) is 0 Å². The second-order valence-corrected chi connectivity index (χ2v) is 8.29. The van der Waals surface area contributed by atoms with Crippen LogP contribution in [0.15, 0.2) is 34.9 Å². The number of likely N-dealkylation sites (tertiary alicyclic amines) is 1. The maximum atomic E-state index is 12.8. The highest BCUT2D eigenvalue weighted by molar-refractivity contribution is 5.89. The topological polar surface area (TPSA) is 124 Å². The van der Waals surface area contributed by atoms with Gasteiger partial charge in [-0.05, 0) is 31.9 Å². The Kier molecular flexibility index (Phi) is 6.09. The van der Waals surface area contributed by atoms with Gasteiger partial charge in [0.1, 0.15) is 11.8 Å². The van der Waals surface area contributed by atoms with E-state index in [1.54, 1.807) is 13.0 Å². The summed E-state index contributed by atoms with van der Waals surface area (Å²) in [5.41, 5.74) is 5.71. The van der Waals surface area contributed by atoms with Crippen molar-refractivity contribution in [3.05, 3.63) is 58.7 Å². The van der Waals surface area contributed by atoms with E-state index >= 15 is 0 Å². The van der Waals surface area contributed by atoms with E-state index in [9.17, 15) is 14.7 Å². The monoisotopic (exact) mass is 437 g/mol.